The number of ether oxygens (including phenoxy) is 1. The zero-order valence-corrected chi connectivity index (χ0v) is 12.1. The number of nitrogens with zero attached hydrogens (tertiary/aromatic N) is 4. The molecule has 120 valence electrons. The van der Waals surface area contributed by atoms with Crippen molar-refractivity contribution in [1.29, 1.82) is 0 Å². The zero-order valence-electron chi connectivity index (χ0n) is 11.1. The lowest BCUT2D eigenvalue weighted by Crippen LogP contribution is -2.33. The average molecular weight is 332 g/mol. The first-order valence-electron chi connectivity index (χ1n) is 6.31. The number of nitrogens with two attached hydrogens (primary N) is 1. The Morgan fingerprint density at radius 3 is 2.77 bits per heavy atom. The molecule has 2 aromatic heterocycles. The van der Waals surface area contributed by atoms with E-state index >= 15 is 0 Å². The van der Waals surface area contributed by atoms with Gasteiger partial charge in [0.2, 0.25) is 0 Å². The highest BCUT2D eigenvalue weighted by atomic mass is 31.2. The van der Waals surface area contributed by atoms with Crippen molar-refractivity contribution in [3.05, 3.63) is 12.7 Å². The van der Waals surface area contributed by atoms with Crippen LogP contribution < -0.4 is 5.73 Å². The lowest BCUT2D eigenvalue weighted by atomic mass is 10.1. The van der Waals surface area contributed by atoms with Crippen LogP contribution in [-0.4, -0.2) is 64.4 Å². The van der Waals surface area contributed by atoms with Crippen LogP contribution in [0.2, 0.25) is 0 Å². The van der Waals surface area contributed by atoms with Crippen LogP contribution >= 0.6 is 8.60 Å². The van der Waals surface area contributed by atoms with Gasteiger partial charge in [-0.15, -0.1) is 0 Å². The van der Waals surface area contributed by atoms with Gasteiger partial charge in [0.15, 0.2) is 17.7 Å². The van der Waals surface area contributed by atoms with Crippen molar-refractivity contribution in [2.45, 2.75) is 24.5 Å². The highest BCUT2D eigenvalue weighted by Gasteiger charge is 2.45. The van der Waals surface area contributed by atoms with Gasteiger partial charge in [0.05, 0.1) is 6.33 Å². The lowest BCUT2D eigenvalue weighted by molar-refractivity contribution is -0.0485. The topological polar surface area (TPSA) is 169 Å². The van der Waals surface area contributed by atoms with Gasteiger partial charge in [-0.25, -0.2) is 15.0 Å². The molecule has 1 saturated heterocycles. The summed E-state index contributed by atoms with van der Waals surface area (Å²) >= 11 is 0. The van der Waals surface area contributed by atoms with Crippen LogP contribution in [-0.2, 0) is 9.26 Å². The van der Waals surface area contributed by atoms with Gasteiger partial charge in [0.1, 0.15) is 36.8 Å². The summed E-state index contributed by atoms with van der Waals surface area (Å²) in [7, 11) is -2.90. The summed E-state index contributed by atoms with van der Waals surface area (Å²) in [6, 6.07) is 0. The number of imidazole rings is 1. The maximum atomic E-state index is 10.1. The van der Waals surface area contributed by atoms with E-state index in [0.717, 1.165) is 0 Å². The molecule has 22 heavy (non-hydrogen) atoms. The number of aliphatic hydroxyl groups excluding tert-OH is 2. The highest BCUT2D eigenvalue weighted by Crippen LogP contribution is 2.34. The highest BCUT2D eigenvalue weighted by molar-refractivity contribution is 7.39. The number of fused-ring (bicyclic) bond motifs is 1. The minimum absolute atomic E-state index is 0.185. The third kappa shape index (κ3) is 2.63. The summed E-state index contributed by atoms with van der Waals surface area (Å²) in [5.41, 5.74) is 6.38. The van der Waals surface area contributed by atoms with Gasteiger partial charge in [-0.3, -0.25) is 4.57 Å². The Morgan fingerprint density at radius 1 is 1.27 bits per heavy atom. The van der Waals surface area contributed by atoms with E-state index in [4.69, 9.17) is 20.3 Å². The quantitative estimate of drug-likeness (QED) is 0.394. The van der Waals surface area contributed by atoms with Crippen LogP contribution in [0, 0.1) is 0 Å². The molecule has 6 N–H and O–H groups in total. The molecular weight excluding hydrogens is 317 g/mol. The third-order valence-corrected chi connectivity index (χ3v) is 3.80. The Hall–Kier alpha value is -1.46. The van der Waals surface area contributed by atoms with Gasteiger partial charge in [-0.05, 0) is 0 Å². The van der Waals surface area contributed by atoms with E-state index in [1.807, 2.05) is 0 Å². The molecule has 0 bridgehead atoms. The SMILES string of the molecule is Nc1ncnc2c1ncn2[C@@H]1O[C@H](CO[PH+](O)O)[C@@H](O)[C@H]1O. The molecule has 1 fully saturated rings. The van der Waals surface area contributed by atoms with Gasteiger partial charge in [-0.1, -0.05) is 0 Å². The van der Waals surface area contributed by atoms with Gasteiger partial charge >= 0.3 is 8.60 Å². The van der Waals surface area contributed by atoms with Crippen molar-refractivity contribution in [1.82, 2.24) is 19.5 Å². The number of rotatable bonds is 4. The normalized spacial score (nSPS) is 28.8. The van der Waals surface area contributed by atoms with Gasteiger partial charge in [0, 0.05) is 0 Å². The number of aliphatic hydroxyl groups is 2. The molecule has 3 rings (SSSR count). The van der Waals surface area contributed by atoms with E-state index in [-0.39, 0.29) is 12.4 Å². The average Bonchev–Trinajstić information content (AvgIpc) is 3.01. The van der Waals surface area contributed by atoms with Crippen molar-refractivity contribution >= 4 is 25.6 Å². The molecule has 0 aromatic carbocycles. The molecule has 1 aliphatic heterocycles. The number of nitrogen functional groups attached to an aromatic ring is 1. The van der Waals surface area contributed by atoms with E-state index in [9.17, 15) is 10.2 Å². The monoisotopic (exact) mass is 332 g/mol. The standard InChI is InChI=1S/C10H15N5O6P/c11-8-5-9(13-2-12-8)15(3-14-5)10-7(17)6(16)4(21-10)1-20-22(18)19/h2-4,6-7,10,16-19,22H,1H2,(H2,11,12,13)/q+1/t4-,6-,7-,10-/m1/s1. The minimum Gasteiger partial charge on any atom is -0.387 e. The van der Waals surface area contributed by atoms with Crippen molar-refractivity contribution in [2.24, 2.45) is 0 Å². The summed E-state index contributed by atoms with van der Waals surface area (Å²) < 4.78 is 11.6. The molecule has 0 saturated carbocycles. The number of aromatic nitrogens is 4. The van der Waals surface area contributed by atoms with E-state index in [2.05, 4.69) is 19.5 Å². The molecule has 4 atom stereocenters. The van der Waals surface area contributed by atoms with Gasteiger partial charge in [-0.2, -0.15) is 14.3 Å². The smallest absolute Gasteiger partial charge is 0.387 e. The molecule has 0 radical (unpaired) electrons. The fraction of sp³-hybridized carbons (Fsp3) is 0.500. The molecular formula is C10H15N5O6P+. The Kier molecular flexibility index (Phi) is 4.19. The van der Waals surface area contributed by atoms with Crippen molar-refractivity contribution < 1.29 is 29.3 Å². The molecule has 0 amide bonds. The maximum absolute atomic E-state index is 10.1. The Labute approximate surface area is 125 Å². The Bertz CT molecular complexity index is 668. The second-order valence-corrected chi connectivity index (χ2v) is 5.58. The second-order valence-electron chi connectivity index (χ2n) is 4.72. The van der Waals surface area contributed by atoms with Crippen LogP contribution in [0.25, 0.3) is 11.2 Å². The summed E-state index contributed by atoms with van der Waals surface area (Å²) in [4.78, 5) is 29.5. The Balaban J connectivity index is 1.86. The zero-order chi connectivity index (χ0) is 15.9. The summed E-state index contributed by atoms with van der Waals surface area (Å²) in [5.74, 6) is 0.185. The molecule has 3 heterocycles. The van der Waals surface area contributed by atoms with Crippen molar-refractivity contribution in [2.75, 3.05) is 12.3 Å². The van der Waals surface area contributed by atoms with E-state index in [1.165, 1.54) is 17.2 Å². The number of hydrogen-bond acceptors (Lipinski definition) is 10. The minimum atomic E-state index is -2.90. The Morgan fingerprint density at radius 2 is 2.05 bits per heavy atom. The largest absolute Gasteiger partial charge is 0.392 e. The lowest BCUT2D eigenvalue weighted by Gasteiger charge is -2.16. The van der Waals surface area contributed by atoms with Gasteiger partial charge in [0.25, 0.3) is 0 Å². The molecule has 11 nitrogen and oxygen atoms in total. The molecule has 12 heteroatoms. The first kappa shape index (κ1) is 15.4. The predicted octanol–water partition coefficient (Wildman–Crippen LogP) is -2.01. The first-order valence-corrected chi connectivity index (χ1v) is 7.61. The predicted molar refractivity (Wildman–Crippen MR) is 74.4 cm³/mol. The second kappa shape index (κ2) is 5.97. The first-order chi connectivity index (χ1) is 10.5. The van der Waals surface area contributed by atoms with Gasteiger partial charge < -0.3 is 20.7 Å². The molecule has 0 spiro atoms. The molecule has 1 aliphatic rings. The number of hydrogen-bond donors (Lipinski definition) is 5. The number of anilines is 1. The maximum Gasteiger partial charge on any atom is 0.392 e. The third-order valence-electron chi connectivity index (χ3n) is 3.38. The fourth-order valence-electron chi connectivity index (χ4n) is 2.31. The summed E-state index contributed by atoms with van der Waals surface area (Å²) in [5, 5.41) is 20.1. The van der Waals surface area contributed by atoms with Crippen LogP contribution in [0.1, 0.15) is 6.23 Å². The summed E-state index contributed by atoms with van der Waals surface area (Å²) in [6.07, 6.45) is -1.79. The molecule has 0 aliphatic carbocycles. The van der Waals surface area contributed by atoms with E-state index < -0.39 is 33.1 Å². The van der Waals surface area contributed by atoms with Crippen LogP contribution in [0.4, 0.5) is 5.82 Å². The van der Waals surface area contributed by atoms with E-state index in [0.29, 0.717) is 11.2 Å². The van der Waals surface area contributed by atoms with E-state index in [1.54, 1.807) is 0 Å². The van der Waals surface area contributed by atoms with Crippen LogP contribution in [0.5, 0.6) is 0 Å². The van der Waals surface area contributed by atoms with Crippen LogP contribution in [0.3, 0.4) is 0 Å². The molecule has 0 unspecified atom stereocenters. The van der Waals surface area contributed by atoms with Crippen molar-refractivity contribution in [3.63, 3.8) is 0 Å². The van der Waals surface area contributed by atoms with Crippen LogP contribution in [0.15, 0.2) is 12.7 Å². The summed E-state index contributed by atoms with van der Waals surface area (Å²) in [6.45, 7) is -0.264. The fourth-order valence-corrected chi connectivity index (χ4v) is 2.62. The molecule has 2 aromatic rings. The van der Waals surface area contributed by atoms with Crippen molar-refractivity contribution in [3.8, 4) is 0 Å².